The summed E-state index contributed by atoms with van der Waals surface area (Å²) in [6.45, 7) is 3.12. The monoisotopic (exact) mass is 773 g/mol. The third-order valence-electron chi connectivity index (χ3n) is 10.3. The van der Waals surface area contributed by atoms with E-state index in [0.717, 1.165) is 38.9 Å². The van der Waals surface area contributed by atoms with E-state index in [2.05, 4.69) is 17.6 Å². The Kier molecular flexibility index (Phi) is 14.1. The lowest BCUT2D eigenvalue weighted by Crippen LogP contribution is -2.47. The van der Waals surface area contributed by atoms with Crippen LogP contribution in [0.15, 0.2) is 127 Å². The number of benzene rings is 5. The average molecular weight is 774 g/mol. The van der Waals surface area contributed by atoms with Crippen LogP contribution in [0.1, 0.15) is 58.8 Å². The fourth-order valence-corrected chi connectivity index (χ4v) is 7.15. The molecule has 5 N–H and O–H groups in total. The number of amides is 2. The maximum Gasteiger partial charge on any atom is 0.328 e. The van der Waals surface area contributed by atoms with Crippen LogP contribution in [-0.4, -0.2) is 71.6 Å². The Bertz CT molecular complexity index is 2080. The summed E-state index contributed by atoms with van der Waals surface area (Å²) in [7, 11) is 3.24. The molecule has 0 bridgehead atoms. The van der Waals surface area contributed by atoms with Crippen LogP contribution in [0.2, 0.25) is 0 Å². The first kappa shape index (κ1) is 41.1. The molecule has 0 aromatic heterocycles. The molecule has 1 heterocycles. The Labute approximate surface area is 333 Å². The number of nitrogens with zero attached hydrogens (tertiary/aromatic N) is 1. The first-order chi connectivity index (χ1) is 27.6. The number of aliphatic hydroxyl groups is 2. The van der Waals surface area contributed by atoms with Gasteiger partial charge in [-0.3, -0.25) is 0 Å². The number of rotatable bonds is 15. The number of hydrogen-bond acceptors (Lipinski definition) is 9. The van der Waals surface area contributed by atoms with E-state index in [1.54, 1.807) is 24.3 Å². The van der Waals surface area contributed by atoms with E-state index in [1.165, 1.54) is 7.11 Å². The maximum atomic E-state index is 12.9. The van der Waals surface area contributed by atoms with Gasteiger partial charge in [0.05, 0.1) is 32.0 Å². The molecule has 0 unspecified atom stereocenters. The van der Waals surface area contributed by atoms with E-state index in [1.807, 2.05) is 115 Å². The molecule has 1 aliphatic rings. The zero-order valence-corrected chi connectivity index (χ0v) is 32.5. The average Bonchev–Trinajstić information content (AvgIpc) is 3.23. The Morgan fingerprint density at radius 3 is 2.23 bits per heavy atom. The number of aliphatic hydroxyl groups excluding tert-OH is 2. The number of aromatic hydroxyl groups is 1. The number of esters is 1. The topological polar surface area (TPSA) is 150 Å². The summed E-state index contributed by atoms with van der Waals surface area (Å²) in [6.07, 6.45) is -1.80. The Hall–Kier alpha value is -5.56. The van der Waals surface area contributed by atoms with Crippen molar-refractivity contribution in [1.29, 1.82) is 0 Å². The summed E-state index contributed by atoms with van der Waals surface area (Å²) in [5, 5.41) is 36.2. The van der Waals surface area contributed by atoms with Crippen molar-refractivity contribution in [2.75, 3.05) is 27.2 Å². The van der Waals surface area contributed by atoms with Gasteiger partial charge in [-0.1, -0.05) is 110 Å². The molecule has 1 saturated heterocycles. The molecule has 2 amide bonds. The highest BCUT2D eigenvalue weighted by molar-refractivity contribution is 5.83. The lowest BCUT2D eigenvalue weighted by Gasteiger charge is -2.42. The standard InChI is InChI=1S/C46H51N3O8/c1-30-42(28-49(2)27-41(52)37-15-9-17-39(51)25-37)56-45(57-43(30)34-20-18-32(29-50)19-21-34)38-16-8-14-36(24-38)35-13-7-12-33(22-35)26-47-46(54)48-40(44(53)55-3)23-31-10-5-4-6-11-31/h4-22,24-25,30,40-43,45,50-52H,23,26-29H2,1-3H3,(H2,47,48,54)/t30-,40-,41+,42+,43+,45+/m0/s1. The van der Waals surface area contributed by atoms with Gasteiger partial charge >= 0.3 is 12.0 Å². The molecule has 0 spiro atoms. The summed E-state index contributed by atoms with van der Waals surface area (Å²) >= 11 is 0. The van der Waals surface area contributed by atoms with Crippen molar-refractivity contribution in [2.45, 2.75) is 57.1 Å². The molecule has 298 valence electrons. The Morgan fingerprint density at radius 2 is 1.51 bits per heavy atom. The van der Waals surface area contributed by atoms with Crippen LogP contribution in [0.5, 0.6) is 5.75 Å². The van der Waals surface area contributed by atoms with E-state index in [-0.39, 0.29) is 37.0 Å². The van der Waals surface area contributed by atoms with Crippen LogP contribution < -0.4 is 10.6 Å². The van der Waals surface area contributed by atoms with Gasteiger partial charge in [0, 0.05) is 37.5 Å². The molecule has 1 aliphatic heterocycles. The third-order valence-corrected chi connectivity index (χ3v) is 10.3. The first-order valence-electron chi connectivity index (χ1n) is 19.1. The van der Waals surface area contributed by atoms with Crippen LogP contribution in [0.25, 0.3) is 11.1 Å². The van der Waals surface area contributed by atoms with Crippen molar-refractivity contribution < 1.29 is 39.1 Å². The minimum absolute atomic E-state index is 0.0517. The zero-order valence-electron chi connectivity index (χ0n) is 32.5. The summed E-state index contributed by atoms with van der Waals surface area (Å²) in [5.41, 5.74) is 6.89. The number of methoxy groups -OCH3 is 1. The Balaban J connectivity index is 1.16. The first-order valence-corrected chi connectivity index (χ1v) is 19.1. The van der Waals surface area contributed by atoms with Crippen molar-refractivity contribution in [1.82, 2.24) is 15.5 Å². The fraction of sp³-hybridized carbons (Fsp3) is 0.304. The highest BCUT2D eigenvalue weighted by Crippen LogP contribution is 2.42. The lowest BCUT2D eigenvalue weighted by atomic mass is 9.89. The van der Waals surface area contributed by atoms with Gasteiger partial charge in [-0.05, 0) is 70.3 Å². The van der Waals surface area contributed by atoms with Gasteiger partial charge < -0.3 is 45.1 Å². The summed E-state index contributed by atoms with van der Waals surface area (Å²) in [4.78, 5) is 27.4. The van der Waals surface area contributed by atoms with Crippen LogP contribution in [0.3, 0.4) is 0 Å². The SMILES string of the molecule is COC(=O)[C@H](Cc1ccccc1)NC(=O)NCc1cccc(-c2cccc([C@@H]3O[C@H](CN(C)C[C@@H](O)c4cccc(O)c4)[C@H](C)[C@H](c4ccc(CO)cc4)O3)c2)c1. The number of likely N-dealkylation sites (N-methyl/N-ethyl adjacent to an activating group) is 1. The molecule has 6 rings (SSSR count). The van der Waals surface area contributed by atoms with Crippen LogP contribution in [0.4, 0.5) is 4.79 Å². The summed E-state index contributed by atoms with van der Waals surface area (Å²) < 4.78 is 18.4. The van der Waals surface area contributed by atoms with Crippen LogP contribution >= 0.6 is 0 Å². The van der Waals surface area contributed by atoms with E-state index in [0.29, 0.717) is 25.1 Å². The predicted molar refractivity (Wildman–Crippen MR) is 217 cm³/mol. The van der Waals surface area contributed by atoms with Gasteiger partial charge in [0.2, 0.25) is 0 Å². The van der Waals surface area contributed by atoms with Crippen molar-refractivity contribution in [2.24, 2.45) is 5.92 Å². The van der Waals surface area contributed by atoms with Gasteiger partial charge in [-0.25, -0.2) is 9.59 Å². The number of ether oxygens (including phenoxy) is 3. The number of phenols is 1. The molecule has 57 heavy (non-hydrogen) atoms. The second-order valence-electron chi connectivity index (χ2n) is 14.6. The highest BCUT2D eigenvalue weighted by Gasteiger charge is 2.39. The van der Waals surface area contributed by atoms with E-state index in [9.17, 15) is 24.9 Å². The molecule has 11 nitrogen and oxygen atoms in total. The maximum absolute atomic E-state index is 12.9. The number of hydrogen-bond donors (Lipinski definition) is 5. The highest BCUT2D eigenvalue weighted by atomic mass is 16.7. The molecule has 1 fully saturated rings. The summed E-state index contributed by atoms with van der Waals surface area (Å²) in [5.74, 6) is -0.483. The van der Waals surface area contributed by atoms with Crippen molar-refractivity contribution >= 4 is 12.0 Å². The van der Waals surface area contributed by atoms with Crippen molar-refractivity contribution in [3.63, 3.8) is 0 Å². The second-order valence-corrected chi connectivity index (χ2v) is 14.6. The molecule has 11 heteroatoms. The van der Waals surface area contributed by atoms with Gasteiger partial charge in [-0.2, -0.15) is 0 Å². The van der Waals surface area contributed by atoms with E-state index in [4.69, 9.17) is 14.2 Å². The van der Waals surface area contributed by atoms with Crippen molar-refractivity contribution in [3.05, 3.63) is 161 Å². The third kappa shape index (κ3) is 11.1. The number of carbonyl (C=O) groups excluding carboxylic acids is 2. The van der Waals surface area contributed by atoms with Gasteiger partial charge in [-0.15, -0.1) is 0 Å². The predicted octanol–water partition coefficient (Wildman–Crippen LogP) is 6.59. The van der Waals surface area contributed by atoms with Gasteiger partial charge in [0.25, 0.3) is 0 Å². The molecule has 5 aromatic rings. The quantitative estimate of drug-likeness (QED) is 0.0743. The minimum atomic E-state index is -0.838. The zero-order chi connectivity index (χ0) is 40.3. The minimum Gasteiger partial charge on any atom is -0.508 e. The van der Waals surface area contributed by atoms with Gasteiger partial charge in [0.15, 0.2) is 6.29 Å². The fourth-order valence-electron chi connectivity index (χ4n) is 7.15. The number of phenolic OH excluding ortho intramolecular Hbond substituents is 1. The van der Waals surface area contributed by atoms with Gasteiger partial charge in [0.1, 0.15) is 11.8 Å². The molecular formula is C46H51N3O8. The molecule has 0 aliphatic carbocycles. The largest absolute Gasteiger partial charge is 0.508 e. The number of urea groups is 1. The second kappa shape index (κ2) is 19.5. The van der Waals surface area contributed by atoms with Crippen LogP contribution in [-0.2, 0) is 38.6 Å². The molecule has 6 atom stereocenters. The number of nitrogens with one attached hydrogen (secondary N) is 2. The van der Waals surface area contributed by atoms with E-state index >= 15 is 0 Å². The van der Waals surface area contributed by atoms with Crippen molar-refractivity contribution in [3.8, 4) is 16.9 Å². The summed E-state index contributed by atoms with van der Waals surface area (Å²) in [6, 6.07) is 38.4. The smallest absolute Gasteiger partial charge is 0.328 e. The Morgan fingerprint density at radius 1 is 0.807 bits per heavy atom. The normalized spacial score (nSPS) is 19.1. The molecule has 5 aromatic carbocycles. The molecular weight excluding hydrogens is 723 g/mol. The van der Waals surface area contributed by atoms with Crippen LogP contribution in [0, 0.1) is 5.92 Å². The lowest BCUT2D eigenvalue weighted by molar-refractivity contribution is -0.276. The number of carbonyl (C=O) groups is 2. The molecule has 0 saturated carbocycles. The van der Waals surface area contributed by atoms with E-state index < -0.39 is 30.4 Å². The molecule has 0 radical (unpaired) electrons.